The Kier molecular flexibility index (Phi) is 3.19. The van der Waals surface area contributed by atoms with E-state index in [1.807, 2.05) is 24.3 Å². The Morgan fingerprint density at radius 3 is 2.56 bits per heavy atom. The summed E-state index contributed by atoms with van der Waals surface area (Å²) in [7, 11) is -2.96. The zero-order chi connectivity index (χ0) is 11.6. The van der Waals surface area contributed by atoms with Gasteiger partial charge in [0, 0.05) is 18.0 Å². The normalized spacial score (nSPS) is 16.8. The van der Waals surface area contributed by atoms with Gasteiger partial charge in [0.1, 0.15) is 0 Å². The van der Waals surface area contributed by atoms with E-state index in [1.54, 1.807) is 0 Å². The molecule has 1 saturated carbocycles. The van der Waals surface area contributed by atoms with Crippen molar-refractivity contribution in [3.05, 3.63) is 29.8 Å². The first-order valence-corrected chi connectivity index (χ1v) is 7.63. The van der Waals surface area contributed by atoms with Crippen LogP contribution in [-0.2, 0) is 15.6 Å². The number of benzene rings is 1. The van der Waals surface area contributed by atoms with Gasteiger partial charge in [-0.1, -0.05) is 18.2 Å². The van der Waals surface area contributed by atoms with Crippen molar-refractivity contribution in [2.75, 3.05) is 11.6 Å². The average molecular weight is 239 g/mol. The Morgan fingerprint density at radius 1 is 1.31 bits per heavy atom. The van der Waals surface area contributed by atoms with Crippen molar-refractivity contribution in [3.8, 4) is 0 Å². The number of sulfone groups is 1. The first kappa shape index (κ1) is 11.5. The Hall–Kier alpha value is -1.03. The maximum absolute atomic E-state index is 11.3. The van der Waals surface area contributed by atoms with Crippen LogP contribution in [0.25, 0.3) is 0 Å². The largest absolute Gasteiger partial charge is 0.382 e. The molecule has 0 amide bonds. The standard InChI is InChI=1S/C12H17NO2S/c1-16(14,15)9-10-5-2-3-8-12(10)13-11-6-4-7-11/h2-3,5,8,11,13H,4,6-7,9H2,1H3. The number of nitrogens with one attached hydrogen (secondary N) is 1. The van der Waals surface area contributed by atoms with Crippen LogP contribution in [0.2, 0.25) is 0 Å². The van der Waals surface area contributed by atoms with Gasteiger partial charge in [0.2, 0.25) is 0 Å². The number of rotatable bonds is 4. The molecule has 0 aromatic heterocycles. The van der Waals surface area contributed by atoms with Crippen LogP contribution in [0.5, 0.6) is 0 Å². The fourth-order valence-electron chi connectivity index (χ4n) is 1.84. The molecule has 1 aliphatic carbocycles. The lowest BCUT2D eigenvalue weighted by Gasteiger charge is -2.28. The van der Waals surface area contributed by atoms with Crippen LogP contribution in [0.1, 0.15) is 24.8 Å². The maximum atomic E-state index is 11.3. The van der Waals surface area contributed by atoms with Gasteiger partial charge in [-0.25, -0.2) is 8.42 Å². The first-order chi connectivity index (χ1) is 7.54. The molecule has 16 heavy (non-hydrogen) atoms. The Labute approximate surface area is 96.8 Å². The van der Waals surface area contributed by atoms with Crippen molar-refractivity contribution in [2.45, 2.75) is 31.1 Å². The first-order valence-electron chi connectivity index (χ1n) is 5.57. The van der Waals surface area contributed by atoms with E-state index in [0.717, 1.165) is 11.3 Å². The predicted molar refractivity (Wildman–Crippen MR) is 66.3 cm³/mol. The third-order valence-electron chi connectivity index (χ3n) is 2.90. The highest BCUT2D eigenvalue weighted by atomic mass is 32.2. The molecular weight excluding hydrogens is 222 g/mol. The molecule has 2 rings (SSSR count). The minimum Gasteiger partial charge on any atom is -0.382 e. The summed E-state index contributed by atoms with van der Waals surface area (Å²) in [6, 6.07) is 8.18. The van der Waals surface area contributed by atoms with Gasteiger partial charge in [0.15, 0.2) is 9.84 Å². The minimum absolute atomic E-state index is 0.114. The second-order valence-electron chi connectivity index (χ2n) is 4.50. The zero-order valence-electron chi connectivity index (χ0n) is 9.44. The fraction of sp³-hybridized carbons (Fsp3) is 0.500. The minimum atomic E-state index is -2.96. The summed E-state index contributed by atoms with van der Waals surface area (Å²) >= 11 is 0. The molecule has 0 unspecified atom stereocenters. The molecule has 1 aliphatic rings. The molecule has 4 heteroatoms. The van der Waals surface area contributed by atoms with Crippen molar-refractivity contribution in [2.24, 2.45) is 0 Å². The number of para-hydroxylation sites is 1. The molecule has 0 bridgehead atoms. The topological polar surface area (TPSA) is 46.2 Å². The highest BCUT2D eigenvalue weighted by Gasteiger charge is 2.18. The molecule has 1 N–H and O–H groups in total. The Morgan fingerprint density at radius 2 is 2.00 bits per heavy atom. The van der Waals surface area contributed by atoms with E-state index in [4.69, 9.17) is 0 Å². The summed E-state index contributed by atoms with van der Waals surface area (Å²) in [4.78, 5) is 0. The van der Waals surface area contributed by atoms with E-state index in [9.17, 15) is 8.42 Å². The molecule has 88 valence electrons. The van der Waals surface area contributed by atoms with E-state index in [2.05, 4.69) is 5.32 Å². The maximum Gasteiger partial charge on any atom is 0.151 e. The summed E-state index contributed by atoms with van der Waals surface area (Å²) in [5.74, 6) is 0.114. The summed E-state index contributed by atoms with van der Waals surface area (Å²) in [5.41, 5.74) is 1.84. The van der Waals surface area contributed by atoms with Crippen LogP contribution in [-0.4, -0.2) is 20.7 Å². The van der Waals surface area contributed by atoms with Gasteiger partial charge in [-0.2, -0.15) is 0 Å². The summed E-state index contributed by atoms with van der Waals surface area (Å²) in [5, 5.41) is 3.41. The van der Waals surface area contributed by atoms with Crippen molar-refractivity contribution in [1.29, 1.82) is 0 Å². The van der Waals surface area contributed by atoms with E-state index in [-0.39, 0.29) is 5.75 Å². The van der Waals surface area contributed by atoms with Crippen LogP contribution in [0.15, 0.2) is 24.3 Å². The second-order valence-corrected chi connectivity index (χ2v) is 6.64. The second kappa shape index (κ2) is 4.45. The van der Waals surface area contributed by atoms with Crippen molar-refractivity contribution >= 4 is 15.5 Å². The molecule has 1 aromatic rings. The van der Waals surface area contributed by atoms with Crippen LogP contribution in [0.3, 0.4) is 0 Å². The highest BCUT2D eigenvalue weighted by Crippen LogP contribution is 2.26. The average Bonchev–Trinajstić information content (AvgIpc) is 2.11. The molecule has 1 aromatic carbocycles. The lowest BCUT2D eigenvalue weighted by molar-refractivity contribution is 0.445. The molecule has 0 heterocycles. The Balaban J connectivity index is 2.16. The Bertz CT molecular complexity index is 464. The summed E-state index contributed by atoms with van der Waals surface area (Å²) < 4.78 is 22.6. The van der Waals surface area contributed by atoms with Gasteiger partial charge in [0.05, 0.1) is 5.75 Å². The van der Waals surface area contributed by atoms with E-state index < -0.39 is 9.84 Å². The van der Waals surface area contributed by atoms with Crippen molar-refractivity contribution in [3.63, 3.8) is 0 Å². The van der Waals surface area contributed by atoms with Gasteiger partial charge in [-0.15, -0.1) is 0 Å². The molecule has 0 saturated heterocycles. The third kappa shape index (κ3) is 2.98. The van der Waals surface area contributed by atoms with Gasteiger partial charge in [-0.3, -0.25) is 0 Å². The van der Waals surface area contributed by atoms with Crippen molar-refractivity contribution < 1.29 is 8.42 Å². The van der Waals surface area contributed by atoms with Gasteiger partial charge >= 0.3 is 0 Å². The van der Waals surface area contributed by atoms with Crippen LogP contribution < -0.4 is 5.32 Å². The van der Waals surface area contributed by atoms with Crippen LogP contribution in [0.4, 0.5) is 5.69 Å². The number of hydrogen-bond donors (Lipinski definition) is 1. The molecule has 1 fully saturated rings. The smallest absolute Gasteiger partial charge is 0.151 e. The quantitative estimate of drug-likeness (QED) is 0.876. The monoisotopic (exact) mass is 239 g/mol. The van der Waals surface area contributed by atoms with Gasteiger partial charge in [0.25, 0.3) is 0 Å². The summed E-state index contributed by atoms with van der Waals surface area (Å²) in [6.45, 7) is 0. The lowest BCUT2D eigenvalue weighted by Crippen LogP contribution is -2.27. The van der Waals surface area contributed by atoms with Crippen molar-refractivity contribution in [1.82, 2.24) is 0 Å². The molecular formula is C12H17NO2S. The highest BCUT2D eigenvalue weighted by molar-refractivity contribution is 7.89. The van der Waals surface area contributed by atoms with Crippen LogP contribution >= 0.6 is 0 Å². The zero-order valence-corrected chi connectivity index (χ0v) is 10.3. The van der Waals surface area contributed by atoms with E-state index in [0.29, 0.717) is 6.04 Å². The predicted octanol–water partition coefficient (Wildman–Crippen LogP) is 2.20. The van der Waals surface area contributed by atoms with E-state index >= 15 is 0 Å². The van der Waals surface area contributed by atoms with Gasteiger partial charge in [-0.05, 0) is 30.9 Å². The SMILES string of the molecule is CS(=O)(=O)Cc1ccccc1NC1CCC1. The third-order valence-corrected chi connectivity index (χ3v) is 3.74. The fourth-order valence-corrected chi connectivity index (χ4v) is 2.66. The molecule has 0 spiro atoms. The van der Waals surface area contributed by atoms with Crippen LogP contribution in [0, 0.1) is 0 Å². The molecule has 0 radical (unpaired) electrons. The number of hydrogen-bond acceptors (Lipinski definition) is 3. The van der Waals surface area contributed by atoms with E-state index in [1.165, 1.54) is 25.5 Å². The van der Waals surface area contributed by atoms with Gasteiger partial charge < -0.3 is 5.32 Å². The summed E-state index contributed by atoms with van der Waals surface area (Å²) in [6.07, 6.45) is 4.92. The number of anilines is 1. The molecule has 0 atom stereocenters. The molecule has 0 aliphatic heterocycles. The molecule has 3 nitrogen and oxygen atoms in total. The lowest BCUT2D eigenvalue weighted by atomic mass is 9.93.